The van der Waals surface area contributed by atoms with Crippen LogP contribution in [0.4, 0.5) is 0 Å². The van der Waals surface area contributed by atoms with E-state index in [1.165, 1.54) is 19.3 Å². The Balaban J connectivity index is 1.79. The second-order valence-corrected chi connectivity index (χ2v) is 9.24. The van der Waals surface area contributed by atoms with Gasteiger partial charge in [-0.05, 0) is 56.9 Å². The molecule has 1 saturated heterocycles. The normalized spacial score (nSPS) is 32.9. The van der Waals surface area contributed by atoms with Crippen LogP contribution in [0.2, 0.25) is 0 Å². The molecule has 0 amide bonds. The Labute approximate surface area is 150 Å². The largest absolute Gasteiger partial charge is 0.347 e. The first-order valence-corrected chi connectivity index (χ1v) is 10.2. The molecule has 0 aromatic carbocycles. The van der Waals surface area contributed by atoms with Gasteiger partial charge in [-0.2, -0.15) is 0 Å². The lowest BCUT2D eigenvalue weighted by molar-refractivity contribution is -0.198. The number of hydrogen-bond donors (Lipinski definition) is 0. The van der Waals surface area contributed by atoms with Crippen LogP contribution in [0.5, 0.6) is 0 Å². The van der Waals surface area contributed by atoms with Gasteiger partial charge < -0.3 is 14.4 Å². The molecule has 3 heteroatoms. The molecule has 142 valence electrons. The molecular weight excluding hydrogens is 298 g/mol. The first-order valence-electron chi connectivity index (χ1n) is 10.2. The molecule has 2 atom stereocenters. The van der Waals surface area contributed by atoms with Crippen molar-refractivity contribution in [3.05, 3.63) is 0 Å². The van der Waals surface area contributed by atoms with E-state index in [1.807, 2.05) is 0 Å². The Bertz CT molecular complexity index is 385. The van der Waals surface area contributed by atoms with Crippen LogP contribution in [-0.2, 0) is 9.47 Å². The smallest absolute Gasteiger partial charge is 0.168 e. The summed E-state index contributed by atoms with van der Waals surface area (Å²) >= 11 is 0. The standard InChI is InChI=1S/C21H41NO2/c1-8-17(4)22(7)14-11-19-15-23-21(24-19)12-9-18(10-13-21)20(5,6)16(2)3/h16-19H,8-15H2,1-7H3. The zero-order chi connectivity index (χ0) is 18.0. The first-order chi connectivity index (χ1) is 11.2. The molecule has 24 heavy (non-hydrogen) atoms. The van der Waals surface area contributed by atoms with Gasteiger partial charge in [-0.1, -0.05) is 34.6 Å². The number of nitrogens with zero attached hydrogens (tertiary/aromatic N) is 1. The van der Waals surface area contributed by atoms with Gasteiger partial charge in [0.1, 0.15) is 0 Å². The van der Waals surface area contributed by atoms with Crippen LogP contribution in [0.25, 0.3) is 0 Å². The average Bonchev–Trinajstić information content (AvgIpc) is 2.94. The van der Waals surface area contributed by atoms with E-state index in [4.69, 9.17) is 9.47 Å². The van der Waals surface area contributed by atoms with Gasteiger partial charge >= 0.3 is 0 Å². The summed E-state index contributed by atoms with van der Waals surface area (Å²) in [5.74, 6) is 1.26. The van der Waals surface area contributed by atoms with Gasteiger partial charge in [0.05, 0.1) is 12.7 Å². The predicted octanol–water partition coefficient (Wildman–Crippen LogP) is 5.09. The van der Waals surface area contributed by atoms with Crippen molar-refractivity contribution in [2.75, 3.05) is 20.2 Å². The van der Waals surface area contributed by atoms with Crippen LogP contribution < -0.4 is 0 Å². The number of rotatable bonds is 7. The van der Waals surface area contributed by atoms with Gasteiger partial charge in [0.15, 0.2) is 5.79 Å². The number of ether oxygens (including phenoxy) is 2. The third-order valence-electron chi connectivity index (χ3n) is 7.35. The Morgan fingerprint density at radius 3 is 2.33 bits per heavy atom. The van der Waals surface area contributed by atoms with Crippen molar-refractivity contribution in [1.82, 2.24) is 4.90 Å². The second kappa shape index (κ2) is 8.05. The molecule has 1 aliphatic heterocycles. The van der Waals surface area contributed by atoms with E-state index in [0.717, 1.165) is 44.2 Å². The summed E-state index contributed by atoms with van der Waals surface area (Å²) in [6, 6.07) is 0.648. The average molecular weight is 340 g/mol. The van der Waals surface area contributed by atoms with Crippen molar-refractivity contribution in [2.45, 2.75) is 98.0 Å². The molecule has 0 N–H and O–H groups in total. The van der Waals surface area contributed by atoms with Crippen molar-refractivity contribution < 1.29 is 9.47 Å². The molecule has 2 rings (SSSR count). The summed E-state index contributed by atoms with van der Waals surface area (Å²) in [6.45, 7) is 16.0. The Morgan fingerprint density at radius 2 is 1.79 bits per heavy atom. The van der Waals surface area contributed by atoms with Crippen molar-refractivity contribution in [3.8, 4) is 0 Å². The zero-order valence-electron chi connectivity index (χ0n) is 17.2. The molecule has 2 unspecified atom stereocenters. The van der Waals surface area contributed by atoms with Gasteiger partial charge in [-0.25, -0.2) is 0 Å². The summed E-state index contributed by atoms with van der Waals surface area (Å²) in [4.78, 5) is 2.44. The van der Waals surface area contributed by atoms with Crippen LogP contribution in [0, 0.1) is 17.3 Å². The zero-order valence-corrected chi connectivity index (χ0v) is 17.2. The maximum Gasteiger partial charge on any atom is 0.168 e. The van der Waals surface area contributed by atoms with Crippen molar-refractivity contribution in [1.29, 1.82) is 0 Å². The van der Waals surface area contributed by atoms with Crippen LogP contribution >= 0.6 is 0 Å². The highest BCUT2D eigenvalue weighted by molar-refractivity contribution is 4.91. The third kappa shape index (κ3) is 4.53. The Morgan fingerprint density at radius 1 is 1.17 bits per heavy atom. The van der Waals surface area contributed by atoms with Crippen LogP contribution in [0.1, 0.15) is 80.1 Å². The van der Waals surface area contributed by atoms with Crippen molar-refractivity contribution in [2.24, 2.45) is 17.3 Å². The molecule has 0 radical (unpaired) electrons. The highest BCUT2D eigenvalue weighted by Crippen LogP contribution is 2.48. The molecule has 2 aliphatic rings. The summed E-state index contributed by atoms with van der Waals surface area (Å²) in [5, 5.41) is 0. The van der Waals surface area contributed by atoms with E-state index < -0.39 is 0 Å². The molecule has 3 nitrogen and oxygen atoms in total. The minimum atomic E-state index is -0.261. The lowest BCUT2D eigenvalue weighted by Crippen LogP contribution is -2.41. The molecule has 0 aromatic rings. The SMILES string of the molecule is CCC(C)N(C)CCC1COC2(CCC(C(C)(C)C(C)C)CC2)O1. The number of hydrogen-bond acceptors (Lipinski definition) is 3. The van der Waals surface area contributed by atoms with E-state index in [9.17, 15) is 0 Å². The highest BCUT2D eigenvalue weighted by atomic mass is 16.7. The van der Waals surface area contributed by atoms with Crippen LogP contribution in [0.3, 0.4) is 0 Å². The monoisotopic (exact) mass is 339 g/mol. The summed E-state index contributed by atoms with van der Waals surface area (Å²) in [5.41, 5.74) is 0.415. The van der Waals surface area contributed by atoms with Crippen LogP contribution in [-0.4, -0.2) is 43.0 Å². The minimum absolute atomic E-state index is 0.261. The minimum Gasteiger partial charge on any atom is -0.347 e. The maximum absolute atomic E-state index is 6.43. The molecule has 1 heterocycles. The van der Waals surface area contributed by atoms with Crippen molar-refractivity contribution >= 4 is 0 Å². The highest BCUT2D eigenvalue weighted by Gasteiger charge is 2.47. The molecular formula is C21H41NO2. The first kappa shape index (κ1) is 20.2. The summed E-state index contributed by atoms with van der Waals surface area (Å²) < 4.78 is 12.6. The van der Waals surface area contributed by atoms with E-state index in [-0.39, 0.29) is 11.9 Å². The summed E-state index contributed by atoms with van der Waals surface area (Å²) in [7, 11) is 2.22. The topological polar surface area (TPSA) is 21.7 Å². The third-order valence-corrected chi connectivity index (χ3v) is 7.35. The summed E-state index contributed by atoms with van der Waals surface area (Å²) in [6.07, 6.45) is 7.21. The fraction of sp³-hybridized carbons (Fsp3) is 1.00. The molecule has 0 aromatic heterocycles. The predicted molar refractivity (Wildman–Crippen MR) is 101 cm³/mol. The molecule has 1 saturated carbocycles. The molecule has 0 bridgehead atoms. The van der Waals surface area contributed by atoms with Gasteiger partial charge in [-0.15, -0.1) is 0 Å². The van der Waals surface area contributed by atoms with E-state index in [0.29, 0.717) is 11.5 Å². The maximum atomic E-state index is 6.43. The lowest BCUT2D eigenvalue weighted by Gasteiger charge is -2.44. The van der Waals surface area contributed by atoms with Gasteiger partial charge in [0, 0.05) is 25.4 Å². The van der Waals surface area contributed by atoms with E-state index in [1.54, 1.807) is 0 Å². The lowest BCUT2D eigenvalue weighted by atomic mass is 9.64. The van der Waals surface area contributed by atoms with Crippen LogP contribution in [0.15, 0.2) is 0 Å². The molecule has 1 aliphatic carbocycles. The fourth-order valence-corrected chi connectivity index (χ4v) is 4.17. The van der Waals surface area contributed by atoms with Crippen molar-refractivity contribution in [3.63, 3.8) is 0 Å². The van der Waals surface area contributed by atoms with Gasteiger partial charge in [-0.3, -0.25) is 0 Å². The Hall–Kier alpha value is -0.120. The fourth-order valence-electron chi connectivity index (χ4n) is 4.17. The van der Waals surface area contributed by atoms with E-state index >= 15 is 0 Å². The van der Waals surface area contributed by atoms with Gasteiger partial charge in [0.25, 0.3) is 0 Å². The van der Waals surface area contributed by atoms with E-state index in [2.05, 4.69) is 53.5 Å². The Kier molecular flexibility index (Phi) is 6.78. The molecule has 2 fully saturated rings. The molecule has 1 spiro atoms. The second-order valence-electron chi connectivity index (χ2n) is 9.24. The van der Waals surface area contributed by atoms with Gasteiger partial charge in [0.2, 0.25) is 0 Å². The quantitative estimate of drug-likeness (QED) is 0.645.